The van der Waals surface area contributed by atoms with E-state index in [2.05, 4.69) is 19.2 Å². The number of rotatable bonds is 15. The molecule has 3 fully saturated rings. The van der Waals surface area contributed by atoms with Crippen LogP contribution in [0, 0.1) is 11.8 Å². The first-order valence-electron chi connectivity index (χ1n) is 16.9. The molecular formula is C39H45N3O4S. The maximum atomic E-state index is 15.0. The van der Waals surface area contributed by atoms with Crippen molar-refractivity contribution in [3.8, 4) is 0 Å². The van der Waals surface area contributed by atoms with E-state index in [1.807, 2.05) is 76.5 Å². The summed E-state index contributed by atoms with van der Waals surface area (Å²) in [5, 5.41) is 11.4. The molecule has 0 radical (unpaired) electrons. The Bertz CT molecular complexity index is 1630. The summed E-state index contributed by atoms with van der Waals surface area (Å²) in [4.78, 5) is 49.5. The molecule has 3 aliphatic rings. The lowest BCUT2D eigenvalue weighted by Gasteiger charge is -2.37. The Morgan fingerprint density at radius 2 is 1.64 bits per heavy atom. The highest BCUT2D eigenvalue weighted by Crippen LogP contribution is 2.66. The average Bonchev–Trinajstić information content (AvgIpc) is 3.74. The van der Waals surface area contributed by atoms with Gasteiger partial charge < -0.3 is 19.8 Å². The van der Waals surface area contributed by atoms with Crippen molar-refractivity contribution in [1.29, 1.82) is 0 Å². The van der Waals surface area contributed by atoms with Gasteiger partial charge in [-0.2, -0.15) is 0 Å². The zero-order chi connectivity index (χ0) is 33.0. The van der Waals surface area contributed by atoms with Crippen molar-refractivity contribution < 1.29 is 19.5 Å². The second-order valence-electron chi connectivity index (χ2n) is 13.0. The van der Waals surface area contributed by atoms with Gasteiger partial charge in [0.05, 0.1) is 16.6 Å². The van der Waals surface area contributed by atoms with Crippen molar-refractivity contribution in [3.05, 3.63) is 104 Å². The lowest BCUT2D eigenvalue weighted by molar-refractivity contribution is -0.144. The minimum atomic E-state index is -0.681. The van der Waals surface area contributed by atoms with Gasteiger partial charge in [-0.15, -0.1) is 24.9 Å². The molecule has 8 heteroatoms. The molecule has 47 heavy (non-hydrogen) atoms. The number of nitrogens with zero attached hydrogens (tertiary/aromatic N) is 3. The molecule has 6 rings (SSSR count). The number of amides is 3. The molecule has 0 aliphatic carbocycles. The first-order chi connectivity index (χ1) is 22.9. The predicted molar refractivity (Wildman–Crippen MR) is 190 cm³/mol. The molecule has 246 valence electrons. The van der Waals surface area contributed by atoms with Gasteiger partial charge in [-0.05, 0) is 54.2 Å². The highest BCUT2D eigenvalue weighted by Gasteiger charge is 2.74. The summed E-state index contributed by atoms with van der Waals surface area (Å²) in [5.41, 5.74) is 1.80. The summed E-state index contributed by atoms with van der Waals surface area (Å²) in [6.45, 7) is 9.63. The molecule has 3 heterocycles. The van der Waals surface area contributed by atoms with Gasteiger partial charge >= 0.3 is 0 Å². The number of hydrogen-bond donors (Lipinski definition) is 1. The van der Waals surface area contributed by atoms with E-state index in [4.69, 9.17) is 0 Å². The number of fused-ring (bicyclic) bond motifs is 2. The third-order valence-corrected chi connectivity index (χ3v) is 12.1. The quantitative estimate of drug-likeness (QED) is 0.156. The van der Waals surface area contributed by atoms with Crippen molar-refractivity contribution in [3.63, 3.8) is 0 Å². The first-order valence-corrected chi connectivity index (χ1v) is 17.8. The Kier molecular flexibility index (Phi) is 10.2. The van der Waals surface area contributed by atoms with Crippen molar-refractivity contribution in [2.24, 2.45) is 11.8 Å². The molecule has 1 N–H and O–H groups in total. The summed E-state index contributed by atoms with van der Waals surface area (Å²) in [5.74, 6) is -1.27. The molecule has 3 aromatic carbocycles. The minimum Gasteiger partial charge on any atom is -0.396 e. The third kappa shape index (κ3) is 6.25. The molecule has 2 unspecified atom stereocenters. The van der Waals surface area contributed by atoms with Crippen LogP contribution in [0.15, 0.2) is 98.1 Å². The first kappa shape index (κ1) is 33.0. The third-order valence-electron chi connectivity index (χ3n) is 10.1. The SMILES string of the molecule is C=CCN(Cc1ccccc1)C(=O)[C@@H]1[C@@H]2CCC3(S2)C(C(=O)N(CC=C)c2ccc4ccccc4c2)N(CCCCCCO)C(=O)[C@H]13. The lowest BCUT2D eigenvalue weighted by atomic mass is 9.70. The van der Waals surface area contributed by atoms with E-state index in [-0.39, 0.29) is 29.6 Å². The molecule has 1 spiro atoms. The second-order valence-corrected chi connectivity index (χ2v) is 14.6. The number of aliphatic hydroxyl groups is 1. The van der Waals surface area contributed by atoms with Crippen LogP contribution in [0.5, 0.6) is 0 Å². The van der Waals surface area contributed by atoms with Crippen LogP contribution in [0.2, 0.25) is 0 Å². The molecule has 3 saturated heterocycles. The Hall–Kier alpha value is -3.88. The lowest BCUT2D eigenvalue weighted by Crippen LogP contribution is -2.55. The van der Waals surface area contributed by atoms with Gasteiger partial charge in [0.1, 0.15) is 6.04 Å². The zero-order valence-electron chi connectivity index (χ0n) is 27.0. The Morgan fingerprint density at radius 1 is 0.915 bits per heavy atom. The number of carbonyl (C=O) groups excluding carboxylic acids is 3. The minimum absolute atomic E-state index is 0.0185. The van der Waals surface area contributed by atoms with E-state index in [0.29, 0.717) is 32.6 Å². The Morgan fingerprint density at radius 3 is 2.38 bits per heavy atom. The fraction of sp³-hybridized carbons (Fsp3) is 0.410. The van der Waals surface area contributed by atoms with Crippen molar-refractivity contribution in [2.45, 2.75) is 61.1 Å². The molecular weight excluding hydrogens is 607 g/mol. The number of anilines is 1. The van der Waals surface area contributed by atoms with Crippen LogP contribution in [0.4, 0.5) is 5.69 Å². The zero-order valence-corrected chi connectivity index (χ0v) is 27.8. The number of thioether (sulfide) groups is 1. The van der Waals surface area contributed by atoms with Gasteiger partial charge in [-0.1, -0.05) is 85.7 Å². The summed E-state index contributed by atoms with van der Waals surface area (Å²) in [6, 6.07) is 23.3. The number of carbonyl (C=O) groups is 3. The molecule has 5 atom stereocenters. The molecule has 7 nitrogen and oxygen atoms in total. The van der Waals surface area contributed by atoms with Crippen molar-refractivity contribution in [2.75, 3.05) is 31.1 Å². The number of hydrogen-bond acceptors (Lipinski definition) is 5. The van der Waals surface area contributed by atoms with Crippen LogP contribution in [-0.2, 0) is 20.9 Å². The topological polar surface area (TPSA) is 81.2 Å². The number of likely N-dealkylation sites (tertiary alicyclic amines) is 1. The average molecular weight is 652 g/mol. The van der Waals surface area contributed by atoms with E-state index in [1.165, 1.54) is 0 Å². The number of benzene rings is 3. The maximum absolute atomic E-state index is 15.0. The van der Waals surface area contributed by atoms with Crippen molar-refractivity contribution in [1.82, 2.24) is 9.80 Å². The molecule has 0 aromatic heterocycles. The van der Waals surface area contributed by atoms with Crippen LogP contribution in [0.1, 0.15) is 44.1 Å². The van der Waals surface area contributed by atoms with Gasteiger partial charge in [-0.3, -0.25) is 14.4 Å². The normalized spacial score (nSPS) is 24.4. The van der Waals surface area contributed by atoms with Gasteiger partial charge in [0.25, 0.3) is 5.91 Å². The van der Waals surface area contributed by atoms with E-state index in [1.54, 1.807) is 28.8 Å². The largest absolute Gasteiger partial charge is 0.396 e. The summed E-state index contributed by atoms with van der Waals surface area (Å²) in [6.07, 6.45) is 8.16. The van der Waals surface area contributed by atoms with Gasteiger partial charge in [-0.25, -0.2) is 0 Å². The van der Waals surface area contributed by atoms with Gasteiger partial charge in [0, 0.05) is 43.7 Å². The predicted octanol–water partition coefficient (Wildman–Crippen LogP) is 6.22. The standard InChI is InChI=1S/C39H45N3O4S/c1-3-22-40(27-28-14-8-7-9-15-28)36(44)33-32-20-21-39(47-32)34(33)37(45)42(24-12-5-6-13-25-43)35(39)38(46)41(23-4-2)31-19-18-29-16-10-11-17-30(29)26-31/h3-4,7-11,14-19,26,32-35,43H,1-2,5-6,12-13,20-25,27H2/t32-,33+,34-,35?,39?/m0/s1. The maximum Gasteiger partial charge on any atom is 0.251 e. The van der Waals surface area contributed by atoms with Crippen LogP contribution in [-0.4, -0.2) is 74.9 Å². The number of aliphatic hydroxyl groups excluding tert-OH is 1. The molecule has 2 bridgehead atoms. The van der Waals surface area contributed by atoms with Gasteiger partial charge in [0.15, 0.2) is 0 Å². The van der Waals surface area contributed by atoms with E-state index in [0.717, 1.165) is 54.1 Å². The van der Waals surface area contributed by atoms with Crippen LogP contribution >= 0.6 is 11.8 Å². The highest BCUT2D eigenvalue weighted by atomic mass is 32.2. The summed E-state index contributed by atoms with van der Waals surface area (Å²) >= 11 is 1.71. The van der Waals surface area contributed by atoms with Crippen LogP contribution < -0.4 is 4.90 Å². The highest BCUT2D eigenvalue weighted by molar-refractivity contribution is 8.02. The van der Waals surface area contributed by atoms with E-state index < -0.39 is 22.6 Å². The monoisotopic (exact) mass is 651 g/mol. The Labute approximate surface area is 282 Å². The molecule has 3 amide bonds. The fourth-order valence-corrected chi connectivity index (χ4v) is 10.3. The van der Waals surface area contributed by atoms with Crippen molar-refractivity contribution >= 4 is 45.9 Å². The number of unbranched alkanes of at least 4 members (excludes halogenated alkanes) is 3. The fourth-order valence-electron chi connectivity index (χ4n) is 8.05. The smallest absolute Gasteiger partial charge is 0.251 e. The van der Waals surface area contributed by atoms with Crippen LogP contribution in [0.3, 0.4) is 0 Å². The van der Waals surface area contributed by atoms with E-state index in [9.17, 15) is 19.5 Å². The molecule has 0 saturated carbocycles. The second kappa shape index (κ2) is 14.5. The van der Waals surface area contributed by atoms with Crippen LogP contribution in [0.25, 0.3) is 10.8 Å². The summed E-state index contributed by atoms with van der Waals surface area (Å²) in [7, 11) is 0. The molecule has 3 aliphatic heterocycles. The van der Waals surface area contributed by atoms with E-state index >= 15 is 0 Å². The molecule has 3 aromatic rings. The Balaban J connectivity index is 1.35. The van der Waals surface area contributed by atoms with Gasteiger partial charge in [0.2, 0.25) is 11.8 Å². The summed E-state index contributed by atoms with van der Waals surface area (Å²) < 4.78 is -0.673.